The number of benzene rings is 1. The SMILES string of the molecule is [C-]#[N+]C([N+]#[C-])=C1Cc2c(SC(F)(F)F)c3c(c(SC(F)(F)F)c2=C1F)CC(=C(C#N)C#N)C=3F. The summed E-state index contributed by atoms with van der Waals surface area (Å²) in [7, 11) is 0. The molecule has 0 saturated heterocycles. The second-order valence-corrected chi connectivity index (χ2v) is 8.70. The maximum Gasteiger partial charge on any atom is 0.525 e. The highest BCUT2D eigenvalue weighted by Crippen LogP contribution is 2.46. The molecule has 0 unspecified atom stereocenters. The third-order valence-electron chi connectivity index (χ3n) is 4.72. The zero-order valence-corrected chi connectivity index (χ0v) is 17.7. The topological polar surface area (TPSA) is 56.3 Å². The minimum atomic E-state index is -5.08. The molecule has 2 aliphatic carbocycles. The quantitative estimate of drug-likeness (QED) is 0.223. The van der Waals surface area contributed by atoms with Gasteiger partial charge in [-0.15, -0.1) is 0 Å². The van der Waals surface area contributed by atoms with Gasteiger partial charge in [-0.2, -0.15) is 46.6 Å². The average Bonchev–Trinajstić information content (AvgIpc) is 3.24. The smallest absolute Gasteiger partial charge is 0.207 e. The van der Waals surface area contributed by atoms with Gasteiger partial charge >= 0.3 is 16.8 Å². The van der Waals surface area contributed by atoms with E-state index in [4.69, 9.17) is 23.7 Å². The lowest BCUT2D eigenvalue weighted by Gasteiger charge is -2.16. The van der Waals surface area contributed by atoms with Crippen LogP contribution < -0.4 is 10.4 Å². The number of hydrogen-bond acceptors (Lipinski definition) is 4. The number of halogens is 8. The monoisotopic (exact) mass is 516 g/mol. The molecule has 14 heteroatoms. The molecule has 0 bridgehead atoms. The minimum Gasteiger partial charge on any atom is -0.207 e. The van der Waals surface area contributed by atoms with Gasteiger partial charge in [0.2, 0.25) is 0 Å². The number of nitrogens with zero attached hydrogens (tertiary/aromatic N) is 4. The molecule has 34 heavy (non-hydrogen) atoms. The molecular weight excluding hydrogens is 512 g/mol. The van der Waals surface area contributed by atoms with Gasteiger partial charge in [-0.3, -0.25) is 0 Å². The summed E-state index contributed by atoms with van der Waals surface area (Å²) in [6, 6.07) is 2.69. The molecule has 0 amide bonds. The van der Waals surface area contributed by atoms with Gasteiger partial charge in [0.1, 0.15) is 42.5 Å². The zero-order chi connectivity index (χ0) is 25.6. The van der Waals surface area contributed by atoms with Crippen molar-refractivity contribution in [3.05, 3.63) is 66.9 Å². The van der Waals surface area contributed by atoms with Crippen LogP contribution >= 0.6 is 23.5 Å². The van der Waals surface area contributed by atoms with E-state index in [0.29, 0.717) is 0 Å². The summed E-state index contributed by atoms with van der Waals surface area (Å²) in [5.74, 6) is -3.88. The maximum atomic E-state index is 15.3. The molecule has 1 aromatic carbocycles. The molecule has 0 saturated carbocycles. The van der Waals surface area contributed by atoms with Crippen LogP contribution in [-0.4, -0.2) is 11.0 Å². The number of rotatable bonds is 2. The van der Waals surface area contributed by atoms with Crippen LogP contribution in [0.25, 0.3) is 21.3 Å². The summed E-state index contributed by atoms with van der Waals surface area (Å²) in [5.41, 5.74) is -13.8. The Kier molecular flexibility index (Phi) is 6.45. The van der Waals surface area contributed by atoms with Crippen LogP contribution in [-0.2, 0) is 12.8 Å². The molecule has 0 atom stereocenters. The molecule has 0 aromatic heterocycles. The largest absolute Gasteiger partial charge is 0.525 e. The molecule has 172 valence electrons. The number of alkyl halides is 6. The molecule has 0 N–H and O–H groups in total. The van der Waals surface area contributed by atoms with Gasteiger partial charge in [-0.25, -0.2) is 8.78 Å². The molecule has 0 spiro atoms. The molecule has 0 radical (unpaired) electrons. The van der Waals surface area contributed by atoms with Crippen molar-refractivity contribution in [1.29, 1.82) is 10.5 Å². The number of allylic oxidation sites excluding steroid dienone is 3. The Hall–Kier alpha value is -3.46. The van der Waals surface area contributed by atoms with Crippen LogP contribution in [0.3, 0.4) is 0 Å². The van der Waals surface area contributed by atoms with E-state index in [-0.39, 0.29) is 0 Å². The van der Waals surface area contributed by atoms with Crippen LogP contribution in [0.1, 0.15) is 11.1 Å². The fraction of sp³-hybridized carbons (Fsp3) is 0.200. The number of nitriles is 2. The number of fused-ring (bicyclic) bond motifs is 2. The number of hydrogen-bond donors (Lipinski definition) is 0. The second-order valence-electron chi connectivity index (χ2n) is 6.55. The van der Waals surface area contributed by atoms with E-state index in [1.54, 1.807) is 0 Å². The van der Waals surface area contributed by atoms with Crippen LogP contribution in [0.5, 0.6) is 0 Å². The predicted molar refractivity (Wildman–Crippen MR) is 104 cm³/mol. The Morgan fingerprint density at radius 1 is 0.765 bits per heavy atom. The van der Waals surface area contributed by atoms with E-state index in [0.717, 1.165) is 0 Å². The Balaban J connectivity index is 2.62. The van der Waals surface area contributed by atoms with Crippen LogP contribution in [0, 0.1) is 35.8 Å². The highest BCUT2D eigenvalue weighted by molar-refractivity contribution is 8.00. The van der Waals surface area contributed by atoms with Gasteiger partial charge in [-0.1, -0.05) is 0 Å². The summed E-state index contributed by atoms with van der Waals surface area (Å²) in [6.45, 7) is 13.9. The Bertz CT molecular complexity index is 1340. The lowest BCUT2D eigenvalue weighted by Crippen LogP contribution is -2.26. The van der Waals surface area contributed by atoms with Crippen molar-refractivity contribution in [2.75, 3.05) is 0 Å². The Morgan fingerprint density at radius 3 is 1.50 bits per heavy atom. The third-order valence-corrected chi connectivity index (χ3v) is 6.50. The molecule has 1 aromatic rings. The predicted octanol–water partition coefficient (Wildman–Crippen LogP) is 5.57. The van der Waals surface area contributed by atoms with Crippen LogP contribution in [0.4, 0.5) is 35.1 Å². The summed E-state index contributed by atoms with van der Waals surface area (Å²) < 4.78 is 111. The average molecular weight is 516 g/mol. The van der Waals surface area contributed by atoms with E-state index < -0.39 is 113 Å². The zero-order valence-electron chi connectivity index (χ0n) is 16.0. The highest BCUT2D eigenvalue weighted by atomic mass is 32.2. The van der Waals surface area contributed by atoms with Gasteiger partial charge < -0.3 is 0 Å². The summed E-state index contributed by atoms with van der Waals surface area (Å²) in [6.07, 6.45) is -1.71. The van der Waals surface area contributed by atoms with E-state index in [1.165, 1.54) is 12.1 Å². The first-order valence-corrected chi connectivity index (χ1v) is 10.2. The lowest BCUT2D eigenvalue weighted by molar-refractivity contribution is -0.0339. The summed E-state index contributed by atoms with van der Waals surface area (Å²) in [4.78, 5) is 3.65. The van der Waals surface area contributed by atoms with Crippen molar-refractivity contribution >= 4 is 35.2 Å². The second kappa shape index (κ2) is 8.72. The van der Waals surface area contributed by atoms with E-state index >= 15 is 8.78 Å². The highest BCUT2D eigenvalue weighted by Gasteiger charge is 2.42. The fourth-order valence-corrected chi connectivity index (χ4v) is 5.25. The minimum absolute atomic E-state index is 0.669. The van der Waals surface area contributed by atoms with Gasteiger partial charge in [0.25, 0.3) is 0 Å². The molecule has 0 fully saturated rings. The maximum absolute atomic E-state index is 15.3. The van der Waals surface area contributed by atoms with Crippen molar-refractivity contribution < 1.29 is 35.1 Å². The van der Waals surface area contributed by atoms with Gasteiger partial charge in [0.15, 0.2) is 0 Å². The lowest BCUT2D eigenvalue weighted by atomic mass is 10.0. The Morgan fingerprint density at radius 2 is 1.15 bits per heavy atom. The Labute approximate surface area is 193 Å². The first-order valence-electron chi connectivity index (χ1n) is 8.58. The summed E-state index contributed by atoms with van der Waals surface area (Å²) in [5, 5.41) is 16.2. The molecule has 0 aliphatic heterocycles. The van der Waals surface area contributed by atoms with Gasteiger partial charge in [0, 0.05) is 38.6 Å². The fourth-order valence-electron chi connectivity index (χ4n) is 3.57. The molecular formula is C20H4F8N4S2. The third kappa shape index (κ3) is 4.35. The molecule has 3 rings (SSSR count). The van der Waals surface area contributed by atoms with Crippen molar-refractivity contribution in [2.45, 2.75) is 33.6 Å². The van der Waals surface area contributed by atoms with Crippen molar-refractivity contribution in [2.24, 2.45) is 0 Å². The first kappa shape index (κ1) is 25.2. The standard InChI is InChI=1S/C20H4F8N4S2/c1-31-18(32-2)11-4-10-13(15(11)22)16(33-19(23,24)25)9-3-8(7(5-29)6-30)14(21)12(9)17(10)34-20(26,27)28/h3-4H2. The first-order chi connectivity index (χ1) is 15.8. The van der Waals surface area contributed by atoms with Crippen molar-refractivity contribution in [1.82, 2.24) is 0 Å². The van der Waals surface area contributed by atoms with E-state index in [1.807, 2.05) is 0 Å². The van der Waals surface area contributed by atoms with Crippen molar-refractivity contribution in [3.63, 3.8) is 0 Å². The number of thioether (sulfide) groups is 2. The summed E-state index contributed by atoms with van der Waals surface area (Å²) >= 11 is -1.79. The van der Waals surface area contributed by atoms with Crippen LogP contribution in [0.2, 0.25) is 0 Å². The molecule has 0 heterocycles. The molecule has 2 aliphatic rings. The normalized spacial score (nSPS) is 14.7. The van der Waals surface area contributed by atoms with Crippen LogP contribution in [0.15, 0.2) is 32.3 Å². The van der Waals surface area contributed by atoms with E-state index in [2.05, 4.69) is 9.69 Å². The van der Waals surface area contributed by atoms with Crippen molar-refractivity contribution in [3.8, 4) is 12.1 Å². The van der Waals surface area contributed by atoms with Gasteiger partial charge in [0.05, 0.1) is 5.57 Å². The van der Waals surface area contributed by atoms with E-state index in [9.17, 15) is 26.3 Å². The van der Waals surface area contributed by atoms with Gasteiger partial charge in [-0.05, 0) is 34.7 Å². The molecule has 4 nitrogen and oxygen atoms in total.